The molecule has 1 amide bonds. The second kappa shape index (κ2) is 5.44. The number of nitrogens with zero attached hydrogens (tertiary/aromatic N) is 2. The molecule has 1 atom stereocenters. The fraction of sp³-hybridized carbons (Fsp3) is 0.562. The summed E-state index contributed by atoms with van der Waals surface area (Å²) in [6.07, 6.45) is 0.888. The lowest BCUT2D eigenvalue weighted by Crippen LogP contribution is -2.62. The molecule has 4 heteroatoms. The number of carbonyl (C=O) groups excluding carboxylic acids is 1. The molecule has 1 fully saturated rings. The molecule has 0 unspecified atom stereocenters. The van der Waals surface area contributed by atoms with Crippen molar-refractivity contribution in [3.05, 3.63) is 29.8 Å². The normalized spacial score (nSPS) is 20.1. The van der Waals surface area contributed by atoms with Crippen LogP contribution < -0.4 is 10.6 Å². The zero-order valence-electron chi connectivity index (χ0n) is 12.9. The van der Waals surface area contributed by atoms with Gasteiger partial charge in [-0.2, -0.15) is 0 Å². The van der Waals surface area contributed by atoms with Gasteiger partial charge in [-0.1, -0.05) is 25.1 Å². The van der Waals surface area contributed by atoms with Crippen molar-refractivity contribution in [3.63, 3.8) is 0 Å². The Balaban J connectivity index is 2.43. The van der Waals surface area contributed by atoms with Crippen molar-refractivity contribution in [2.75, 3.05) is 25.0 Å². The van der Waals surface area contributed by atoms with Gasteiger partial charge in [-0.15, -0.1) is 0 Å². The summed E-state index contributed by atoms with van der Waals surface area (Å²) < 4.78 is 0. The summed E-state index contributed by atoms with van der Waals surface area (Å²) in [7, 11) is 1.87. The lowest BCUT2D eigenvalue weighted by Gasteiger charge is -2.47. The van der Waals surface area contributed by atoms with E-state index in [9.17, 15) is 4.79 Å². The number of carbonyl (C=O) groups is 1. The first-order chi connectivity index (χ1) is 9.39. The van der Waals surface area contributed by atoms with Gasteiger partial charge >= 0.3 is 0 Å². The SMILES string of the molecule is CC[C@H](N)c1ccccc1N1CCN(C)C(=O)C1(C)C. The van der Waals surface area contributed by atoms with E-state index in [0.29, 0.717) is 0 Å². The molecule has 1 aliphatic rings. The molecule has 1 aromatic carbocycles. The Kier molecular flexibility index (Phi) is 4.04. The fourth-order valence-electron chi connectivity index (χ4n) is 2.90. The van der Waals surface area contributed by atoms with E-state index in [0.717, 1.165) is 30.8 Å². The van der Waals surface area contributed by atoms with Crippen LogP contribution in [0.5, 0.6) is 0 Å². The number of likely N-dealkylation sites (N-methyl/N-ethyl adjacent to an activating group) is 1. The van der Waals surface area contributed by atoms with Gasteiger partial charge in [0.25, 0.3) is 0 Å². The minimum atomic E-state index is -0.531. The highest BCUT2D eigenvalue weighted by Crippen LogP contribution is 2.33. The third-order valence-electron chi connectivity index (χ3n) is 4.27. The van der Waals surface area contributed by atoms with Crippen LogP contribution in [0, 0.1) is 0 Å². The summed E-state index contributed by atoms with van der Waals surface area (Å²) in [5.74, 6) is 0.156. The van der Waals surface area contributed by atoms with Gasteiger partial charge in [-0.3, -0.25) is 4.79 Å². The second-order valence-electron chi connectivity index (χ2n) is 6.01. The summed E-state index contributed by atoms with van der Waals surface area (Å²) in [5, 5.41) is 0. The molecular weight excluding hydrogens is 250 g/mol. The molecule has 0 radical (unpaired) electrons. The average molecular weight is 275 g/mol. The summed E-state index contributed by atoms with van der Waals surface area (Å²) >= 11 is 0. The summed E-state index contributed by atoms with van der Waals surface area (Å²) in [5.41, 5.74) is 7.92. The van der Waals surface area contributed by atoms with Gasteiger partial charge in [0.2, 0.25) is 5.91 Å². The Labute approximate surface area is 121 Å². The maximum absolute atomic E-state index is 12.4. The van der Waals surface area contributed by atoms with Crippen LogP contribution in [0.15, 0.2) is 24.3 Å². The van der Waals surface area contributed by atoms with Crippen LogP contribution in [0.2, 0.25) is 0 Å². The Hall–Kier alpha value is -1.55. The highest BCUT2D eigenvalue weighted by Gasteiger charge is 2.41. The smallest absolute Gasteiger partial charge is 0.247 e. The first-order valence-electron chi connectivity index (χ1n) is 7.27. The number of nitrogens with two attached hydrogens (primary N) is 1. The molecule has 1 aliphatic heterocycles. The standard InChI is InChI=1S/C16H25N3O/c1-5-13(17)12-8-6-7-9-14(12)19-11-10-18(4)15(20)16(19,2)3/h6-9,13H,5,10-11,17H2,1-4H3/t13-/m0/s1. The van der Waals surface area contributed by atoms with Crippen LogP contribution in [0.3, 0.4) is 0 Å². The van der Waals surface area contributed by atoms with Crippen molar-refractivity contribution >= 4 is 11.6 Å². The van der Waals surface area contributed by atoms with Crippen LogP contribution in [-0.4, -0.2) is 36.5 Å². The van der Waals surface area contributed by atoms with Gasteiger partial charge < -0.3 is 15.5 Å². The molecule has 1 heterocycles. The molecule has 2 rings (SSSR count). The minimum absolute atomic E-state index is 0.0109. The summed E-state index contributed by atoms with van der Waals surface area (Å²) in [6.45, 7) is 7.64. The molecule has 20 heavy (non-hydrogen) atoms. The van der Waals surface area contributed by atoms with Crippen molar-refractivity contribution in [2.45, 2.75) is 38.8 Å². The van der Waals surface area contributed by atoms with Gasteiger partial charge in [0.05, 0.1) is 0 Å². The number of rotatable bonds is 3. The molecule has 0 aromatic heterocycles. The maximum atomic E-state index is 12.4. The Bertz CT molecular complexity index is 498. The number of benzene rings is 1. The van der Waals surface area contributed by atoms with Crippen molar-refractivity contribution in [2.24, 2.45) is 5.73 Å². The third-order valence-corrected chi connectivity index (χ3v) is 4.27. The summed E-state index contributed by atoms with van der Waals surface area (Å²) in [4.78, 5) is 16.4. The molecule has 1 aromatic rings. The molecule has 2 N–H and O–H groups in total. The van der Waals surface area contributed by atoms with Crippen LogP contribution >= 0.6 is 0 Å². The zero-order chi connectivity index (χ0) is 14.9. The van der Waals surface area contributed by atoms with Crippen LogP contribution in [0.25, 0.3) is 0 Å². The first-order valence-corrected chi connectivity index (χ1v) is 7.27. The van der Waals surface area contributed by atoms with Crippen molar-refractivity contribution in [1.29, 1.82) is 0 Å². The van der Waals surface area contributed by atoms with Crippen molar-refractivity contribution in [3.8, 4) is 0 Å². The third kappa shape index (κ3) is 2.40. The van der Waals surface area contributed by atoms with E-state index in [-0.39, 0.29) is 11.9 Å². The zero-order valence-corrected chi connectivity index (χ0v) is 12.9. The van der Waals surface area contributed by atoms with Gasteiger partial charge in [0, 0.05) is 31.9 Å². The lowest BCUT2D eigenvalue weighted by molar-refractivity contribution is -0.136. The van der Waals surface area contributed by atoms with Crippen LogP contribution in [0.1, 0.15) is 38.8 Å². The predicted molar refractivity (Wildman–Crippen MR) is 82.7 cm³/mol. The molecule has 4 nitrogen and oxygen atoms in total. The molecule has 0 bridgehead atoms. The summed E-state index contributed by atoms with van der Waals surface area (Å²) in [6, 6.07) is 8.18. The Morgan fingerprint density at radius 1 is 1.30 bits per heavy atom. The minimum Gasteiger partial charge on any atom is -0.355 e. The van der Waals surface area contributed by atoms with Crippen LogP contribution in [0.4, 0.5) is 5.69 Å². The average Bonchev–Trinajstić information content (AvgIpc) is 2.44. The number of hydrogen-bond acceptors (Lipinski definition) is 3. The maximum Gasteiger partial charge on any atom is 0.247 e. The number of anilines is 1. The molecule has 110 valence electrons. The quantitative estimate of drug-likeness (QED) is 0.919. The van der Waals surface area contributed by atoms with Gasteiger partial charge in [0.1, 0.15) is 5.54 Å². The van der Waals surface area contributed by atoms with E-state index in [1.165, 1.54) is 0 Å². The number of amides is 1. The monoisotopic (exact) mass is 275 g/mol. The highest BCUT2D eigenvalue weighted by molar-refractivity contribution is 5.90. The largest absolute Gasteiger partial charge is 0.355 e. The second-order valence-corrected chi connectivity index (χ2v) is 6.01. The topological polar surface area (TPSA) is 49.6 Å². The van der Waals surface area contributed by atoms with Crippen molar-refractivity contribution in [1.82, 2.24) is 4.90 Å². The number of hydrogen-bond donors (Lipinski definition) is 1. The molecule has 0 spiro atoms. The Morgan fingerprint density at radius 3 is 2.60 bits per heavy atom. The van der Waals surface area contributed by atoms with E-state index in [2.05, 4.69) is 24.0 Å². The molecule has 0 aliphatic carbocycles. The number of piperazine rings is 1. The van der Waals surface area contributed by atoms with Crippen LogP contribution in [-0.2, 0) is 4.79 Å². The molecule has 0 saturated carbocycles. The van der Waals surface area contributed by atoms with E-state index < -0.39 is 5.54 Å². The molecule has 1 saturated heterocycles. The fourth-order valence-corrected chi connectivity index (χ4v) is 2.90. The van der Waals surface area contributed by atoms with E-state index in [1.807, 2.05) is 33.0 Å². The van der Waals surface area contributed by atoms with Crippen molar-refractivity contribution < 1.29 is 4.79 Å². The van der Waals surface area contributed by atoms with Gasteiger partial charge in [-0.05, 0) is 31.9 Å². The lowest BCUT2D eigenvalue weighted by atomic mass is 9.94. The first kappa shape index (κ1) is 14.9. The van der Waals surface area contributed by atoms with Gasteiger partial charge in [0.15, 0.2) is 0 Å². The number of para-hydroxylation sites is 1. The highest BCUT2D eigenvalue weighted by atomic mass is 16.2. The molecular formula is C16H25N3O. The Morgan fingerprint density at radius 2 is 1.95 bits per heavy atom. The predicted octanol–water partition coefficient (Wildman–Crippen LogP) is 2.15. The van der Waals surface area contributed by atoms with E-state index in [4.69, 9.17) is 5.73 Å². The van der Waals surface area contributed by atoms with E-state index in [1.54, 1.807) is 4.90 Å². The van der Waals surface area contributed by atoms with E-state index >= 15 is 0 Å². The van der Waals surface area contributed by atoms with Gasteiger partial charge in [-0.25, -0.2) is 0 Å².